The van der Waals surface area contributed by atoms with Crippen molar-refractivity contribution in [2.75, 3.05) is 5.32 Å². The maximum atomic E-state index is 5.65. The van der Waals surface area contributed by atoms with E-state index in [2.05, 4.69) is 20.3 Å². The summed E-state index contributed by atoms with van der Waals surface area (Å²) in [7, 11) is 0. The molecule has 0 spiro atoms. The molecule has 2 heterocycles. The van der Waals surface area contributed by atoms with Crippen LogP contribution in [0.15, 0.2) is 36.8 Å². The SMILES string of the molecule is Clc1nccc(NCc2cccnc2)n1. The maximum Gasteiger partial charge on any atom is 0.224 e. The van der Waals surface area contributed by atoms with Crippen molar-refractivity contribution in [3.63, 3.8) is 0 Å². The van der Waals surface area contributed by atoms with Gasteiger partial charge in [0.15, 0.2) is 0 Å². The van der Waals surface area contributed by atoms with Crippen LogP contribution >= 0.6 is 11.6 Å². The molecule has 0 amide bonds. The van der Waals surface area contributed by atoms with E-state index in [0.717, 1.165) is 5.56 Å². The molecule has 0 fully saturated rings. The Labute approximate surface area is 92.4 Å². The van der Waals surface area contributed by atoms with E-state index in [9.17, 15) is 0 Å². The summed E-state index contributed by atoms with van der Waals surface area (Å²) in [5.41, 5.74) is 1.09. The van der Waals surface area contributed by atoms with Crippen LogP contribution in [0.5, 0.6) is 0 Å². The van der Waals surface area contributed by atoms with Crippen molar-refractivity contribution >= 4 is 17.4 Å². The summed E-state index contributed by atoms with van der Waals surface area (Å²) in [6.45, 7) is 0.668. The zero-order valence-electron chi connectivity index (χ0n) is 7.89. The fraction of sp³-hybridized carbons (Fsp3) is 0.100. The summed E-state index contributed by atoms with van der Waals surface area (Å²) < 4.78 is 0. The summed E-state index contributed by atoms with van der Waals surface area (Å²) >= 11 is 5.65. The Morgan fingerprint density at radius 3 is 2.93 bits per heavy atom. The average Bonchev–Trinajstić information content (AvgIpc) is 2.28. The topological polar surface area (TPSA) is 50.7 Å². The summed E-state index contributed by atoms with van der Waals surface area (Å²) in [5, 5.41) is 3.37. The first-order valence-electron chi connectivity index (χ1n) is 4.46. The molecule has 0 aliphatic rings. The molecule has 15 heavy (non-hydrogen) atoms. The van der Waals surface area contributed by atoms with Crippen LogP contribution in [0.1, 0.15) is 5.56 Å². The molecule has 4 nitrogen and oxygen atoms in total. The smallest absolute Gasteiger partial charge is 0.224 e. The van der Waals surface area contributed by atoms with E-state index in [1.165, 1.54) is 0 Å². The van der Waals surface area contributed by atoms with Crippen LogP contribution in [0.4, 0.5) is 5.82 Å². The van der Waals surface area contributed by atoms with Gasteiger partial charge in [0, 0.05) is 25.1 Å². The molecule has 2 aromatic heterocycles. The largest absolute Gasteiger partial charge is 0.366 e. The predicted octanol–water partition coefficient (Wildman–Crippen LogP) is 2.14. The maximum absolute atomic E-state index is 5.65. The Hall–Kier alpha value is -1.68. The monoisotopic (exact) mass is 220 g/mol. The van der Waals surface area contributed by atoms with Gasteiger partial charge in [-0.1, -0.05) is 6.07 Å². The highest BCUT2D eigenvalue weighted by atomic mass is 35.5. The number of hydrogen-bond donors (Lipinski definition) is 1. The molecule has 0 bridgehead atoms. The minimum Gasteiger partial charge on any atom is -0.366 e. The summed E-state index contributed by atoms with van der Waals surface area (Å²) in [6.07, 6.45) is 5.15. The number of nitrogens with one attached hydrogen (secondary N) is 1. The Balaban J connectivity index is 1.99. The highest BCUT2D eigenvalue weighted by Crippen LogP contribution is 2.07. The zero-order valence-corrected chi connectivity index (χ0v) is 8.65. The van der Waals surface area contributed by atoms with Gasteiger partial charge >= 0.3 is 0 Å². The quantitative estimate of drug-likeness (QED) is 0.806. The standard InChI is InChI=1S/C10H9ClN4/c11-10-13-5-3-9(15-10)14-7-8-2-1-4-12-6-8/h1-6H,7H2,(H,13,14,15). The molecule has 76 valence electrons. The zero-order chi connectivity index (χ0) is 10.5. The first kappa shape index (κ1) is 9.86. The van der Waals surface area contributed by atoms with E-state index in [4.69, 9.17) is 11.6 Å². The molecular formula is C10H9ClN4. The fourth-order valence-corrected chi connectivity index (χ4v) is 1.28. The van der Waals surface area contributed by atoms with Gasteiger partial charge in [-0.25, -0.2) is 9.97 Å². The van der Waals surface area contributed by atoms with Crippen molar-refractivity contribution in [1.29, 1.82) is 0 Å². The molecule has 0 aliphatic carbocycles. The third kappa shape index (κ3) is 2.89. The Bertz CT molecular complexity index is 432. The van der Waals surface area contributed by atoms with Crippen LogP contribution in [0.3, 0.4) is 0 Å². The van der Waals surface area contributed by atoms with Gasteiger partial charge in [-0.05, 0) is 29.3 Å². The predicted molar refractivity (Wildman–Crippen MR) is 58.6 cm³/mol. The molecule has 5 heteroatoms. The third-order valence-corrected chi connectivity index (χ3v) is 2.00. The molecule has 0 aliphatic heterocycles. The van der Waals surface area contributed by atoms with E-state index in [0.29, 0.717) is 12.4 Å². The summed E-state index contributed by atoms with van der Waals surface area (Å²) in [6, 6.07) is 5.65. The fourth-order valence-electron chi connectivity index (χ4n) is 1.13. The number of aromatic nitrogens is 3. The second-order valence-corrected chi connectivity index (χ2v) is 3.26. The lowest BCUT2D eigenvalue weighted by Gasteiger charge is -2.04. The van der Waals surface area contributed by atoms with Crippen LogP contribution in [-0.4, -0.2) is 15.0 Å². The van der Waals surface area contributed by atoms with Crippen molar-refractivity contribution in [1.82, 2.24) is 15.0 Å². The molecule has 0 unspecified atom stereocenters. The van der Waals surface area contributed by atoms with Gasteiger partial charge in [0.25, 0.3) is 0 Å². The van der Waals surface area contributed by atoms with Crippen LogP contribution in [0, 0.1) is 0 Å². The lowest BCUT2D eigenvalue weighted by molar-refractivity contribution is 1.07. The van der Waals surface area contributed by atoms with Gasteiger partial charge in [-0.15, -0.1) is 0 Å². The van der Waals surface area contributed by atoms with E-state index in [1.807, 2.05) is 12.1 Å². The highest BCUT2D eigenvalue weighted by Gasteiger charge is 1.96. The van der Waals surface area contributed by atoms with E-state index in [-0.39, 0.29) is 5.28 Å². The van der Waals surface area contributed by atoms with Gasteiger partial charge in [-0.2, -0.15) is 0 Å². The number of rotatable bonds is 3. The van der Waals surface area contributed by atoms with Crippen molar-refractivity contribution < 1.29 is 0 Å². The van der Waals surface area contributed by atoms with E-state index >= 15 is 0 Å². The normalized spacial score (nSPS) is 9.93. The van der Waals surface area contributed by atoms with Gasteiger partial charge in [0.1, 0.15) is 5.82 Å². The van der Waals surface area contributed by atoms with Gasteiger partial charge < -0.3 is 5.32 Å². The number of pyridine rings is 1. The second kappa shape index (κ2) is 4.70. The molecule has 0 aromatic carbocycles. The molecule has 2 aromatic rings. The second-order valence-electron chi connectivity index (χ2n) is 2.93. The van der Waals surface area contributed by atoms with Gasteiger partial charge in [-0.3, -0.25) is 4.98 Å². The van der Waals surface area contributed by atoms with Crippen LogP contribution in [0.2, 0.25) is 5.28 Å². The Kier molecular flexibility index (Phi) is 3.09. The minimum atomic E-state index is 0.242. The van der Waals surface area contributed by atoms with Crippen LogP contribution < -0.4 is 5.32 Å². The Morgan fingerprint density at radius 1 is 1.27 bits per heavy atom. The molecule has 0 atom stereocenters. The van der Waals surface area contributed by atoms with Gasteiger partial charge in [0.2, 0.25) is 5.28 Å². The number of halogens is 1. The van der Waals surface area contributed by atoms with E-state index < -0.39 is 0 Å². The molecule has 0 radical (unpaired) electrons. The number of hydrogen-bond acceptors (Lipinski definition) is 4. The molecule has 1 N–H and O–H groups in total. The first-order valence-corrected chi connectivity index (χ1v) is 4.84. The minimum absolute atomic E-state index is 0.242. The number of nitrogens with zero attached hydrogens (tertiary/aromatic N) is 3. The van der Waals surface area contributed by atoms with E-state index in [1.54, 1.807) is 24.7 Å². The van der Waals surface area contributed by atoms with Crippen LogP contribution in [0.25, 0.3) is 0 Å². The highest BCUT2D eigenvalue weighted by molar-refractivity contribution is 6.28. The molecule has 0 saturated heterocycles. The lowest BCUT2D eigenvalue weighted by Crippen LogP contribution is -2.01. The molecule has 2 rings (SSSR count). The molecular weight excluding hydrogens is 212 g/mol. The molecule has 0 saturated carbocycles. The Morgan fingerprint density at radius 2 is 2.20 bits per heavy atom. The van der Waals surface area contributed by atoms with Crippen molar-refractivity contribution in [3.05, 3.63) is 47.6 Å². The average molecular weight is 221 g/mol. The summed E-state index contributed by atoms with van der Waals surface area (Å²) in [4.78, 5) is 11.8. The van der Waals surface area contributed by atoms with Crippen LogP contribution in [-0.2, 0) is 6.54 Å². The first-order chi connectivity index (χ1) is 7.34. The van der Waals surface area contributed by atoms with Gasteiger partial charge in [0.05, 0.1) is 0 Å². The summed E-state index contributed by atoms with van der Waals surface area (Å²) in [5.74, 6) is 0.707. The third-order valence-electron chi connectivity index (χ3n) is 1.82. The van der Waals surface area contributed by atoms with Crippen molar-refractivity contribution in [3.8, 4) is 0 Å². The lowest BCUT2D eigenvalue weighted by atomic mass is 10.3. The van der Waals surface area contributed by atoms with Crippen molar-refractivity contribution in [2.45, 2.75) is 6.54 Å². The van der Waals surface area contributed by atoms with Crippen molar-refractivity contribution in [2.24, 2.45) is 0 Å². The number of anilines is 1.